The van der Waals surface area contributed by atoms with Gasteiger partial charge in [-0.15, -0.1) is 0 Å². The van der Waals surface area contributed by atoms with E-state index in [4.69, 9.17) is 4.74 Å². The van der Waals surface area contributed by atoms with Crippen LogP contribution >= 0.6 is 0 Å². The summed E-state index contributed by atoms with van der Waals surface area (Å²) in [6.45, 7) is 6.43. The van der Waals surface area contributed by atoms with Crippen molar-refractivity contribution in [3.63, 3.8) is 0 Å². The molecule has 0 aliphatic heterocycles. The predicted octanol–water partition coefficient (Wildman–Crippen LogP) is 4.32. The standard InChI is InChI=1S/C21H34O3/c1-13(22)24-15-8-10-20(2)14(12-15)4-5-16-17-6-7-19(23)21(17,3)11-9-18(16)20/h14-19,23H,4-12H2,1-3H3/t14-,15+,16+,17-,18+,19+,20+,21-/m1/s1. The lowest BCUT2D eigenvalue weighted by atomic mass is 9.45. The maximum atomic E-state index is 11.3. The van der Waals surface area contributed by atoms with Crippen molar-refractivity contribution in [2.45, 2.75) is 90.8 Å². The second-order valence-electron chi connectivity index (χ2n) is 9.80. The summed E-state index contributed by atoms with van der Waals surface area (Å²) in [4.78, 5) is 11.3. The highest BCUT2D eigenvalue weighted by molar-refractivity contribution is 5.66. The van der Waals surface area contributed by atoms with Gasteiger partial charge >= 0.3 is 5.97 Å². The number of fused-ring (bicyclic) bond motifs is 5. The quantitative estimate of drug-likeness (QED) is 0.726. The van der Waals surface area contributed by atoms with E-state index in [0.717, 1.165) is 37.0 Å². The van der Waals surface area contributed by atoms with Gasteiger partial charge < -0.3 is 9.84 Å². The SMILES string of the molecule is CC(=O)O[C@H]1CC[C@@]2(C)[C@H](CC[C@H]3[C@H]4CC[C@H](O)[C@]4(C)CC[C@@H]32)C1. The first-order chi connectivity index (χ1) is 11.3. The molecule has 136 valence electrons. The molecule has 0 spiro atoms. The van der Waals surface area contributed by atoms with Crippen molar-refractivity contribution in [2.24, 2.45) is 34.5 Å². The fourth-order valence-corrected chi connectivity index (χ4v) is 7.53. The number of esters is 1. The number of carbonyl (C=O) groups excluding carboxylic acids is 1. The molecule has 0 aromatic carbocycles. The summed E-state index contributed by atoms with van der Waals surface area (Å²) in [6, 6.07) is 0. The van der Waals surface area contributed by atoms with E-state index in [1.165, 1.54) is 45.4 Å². The van der Waals surface area contributed by atoms with Crippen LogP contribution in [0.5, 0.6) is 0 Å². The van der Waals surface area contributed by atoms with Gasteiger partial charge in [0, 0.05) is 6.92 Å². The van der Waals surface area contributed by atoms with Crippen LogP contribution in [0.1, 0.15) is 78.6 Å². The Morgan fingerprint density at radius 1 is 0.958 bits per heavy atom. The molecule has 1 N–H and O–H groups in total. The first-order valence-corrected chi connectivity index (χ1v) is 10.2. The topological polar surface area (TPSA) is 46.5 Å². The van der Waals surface area contributed by atoms with E-state index in [9.17, 15) is 9.90 Å². The second kappa shape index (κ2) is 5.72. The summed E-state index contributed by atoms with van der Waals surface area (Å²) >= 11 is 0. The van der Waals surface area contributed by atoms with Crippen LogP contribution in [-0.2, 0) is 9.53 Å². The van der Waals surface area contributed by atoms with Crippen molar-refractivity contribution in [3.8, 4) is 0 Å². The molecular formula is C21H34O3. The molecule has 4 aliphatic carbocycles. The van der Waals surface area contributed by atoms with Crippen LogP contribution in [0, 0.1) is 34.5 Å². The highest BCUT2D eigenvalue weighted by Gasteiger charge is 2.60. The minimum absolute atomic E-state index is 0.0753. The third kappa shape index (κ3) is 2.37. The monoisotopic (exact) mass is 334 g/mol. The van der Waals surface area contributed by atoms with Crippen LogP contribution in [0.4, 0.5) is 0 Å². The lowest BCUT2D eigenvalue weighted by Crippen LogP contribution is -2.54. The number of carbonyl (C=O) groups is 1. The number of aliphatic hydroxyl groups is 1. The van der Waals surface area contributed by atoms with Crippen LogP contribution in [0.2, 0.25) is 0 Å². The van der Waals surface area contributed by atoms with Crippen molar-refractivity contribution < 1.29 is 14.6 Å². The van der Waals surface area contributed by atoms with Crippen LogP contribution in [0.25, 0.3) is 0 Å². The Morgan fingerprint density at radius 2 is 1.67 bits per heavy atom. The second-order valence-corrected chi connectivity index (χ2v) is 9.80. The van der Waals surface area contributed by atoms with Gasteiger partial charge in [0.15, 0.2) is 0 Å². The summed E-state index contributed by atoms with van der Waals surface area (Å²) in [6.07, 6.45) is 10.8. The van der Waals surface area contributed by atoms with Gasteiger partial charge in [-0.25, -0.2) is 0 Å². The van der Waals surface area contributed by atoms with Crippen LogP contribution in [-0.4, -0.2) is 23.3 Å². The summed E-state index contributed by atoms with van der Waals surface area (Å²) < 4.78 is 5.55. The van der Waals surface area contributed by atoms with E-state index in [1.54, 1.807) is 0 Å². The first-order valence-electron chi connectivity index (χ1n) is 10.2. The van der Waals surface area contributed by atoms with Gasteiger partial charge in [0.05, 0.1) is 6.10 Å². The molecular weight excluding hydrogens is 300 g/mol. The normalized spacial score (nSPS) is 53.7. The number of rotatable bonds is 1. The molecule has 8 atom stereocenters. The van der Waals surface area contributed by atoms with Gasteiger partial charge in [-0.2, -0.15) is 0 Å². The number of aliphatic hydroxyl groups excluding tert-OH is 1. The van der Waals surface area contributed by atoms with E-state index >= 15 is 0 Å². The molecule has 0 aromatic rings. The molecule has 3 heteroatoms. The van der Waals surface area contributed by atoms with E-state index in [-0.39, 0.29) is 23.6 Å². The van der Waals surface area contributed by atoms with E-state index in [0.29, 0.717) is 11.3 Å². The highest BCUT2D eigenvalue weighted by atomic mass is 16.5. The molecule has 0 unspecified atom stereocenters. The maximum absolute atomic E-state index is 11.3. The summed E-state index contributed by atoms with van der Waals surface area (Å²) in [5, 5.41) is 10.5. The summed E-state index contributed by atoms with van der Waals surface area (Å²) in [7, 11) is 0. The van der Waals surface area contributed by atoms with Crippen molar-refractivity contribution in [3.05, 3.63) is 0 Å². The highest BCUT2D eigenvalue weighted by Crippen LogP contribution is 2.66. The molecule has 4 rings (SSSR count). The van der Waals surface area contributed by atoms with Crippen LogP contribution in [0.15, 0.2) is 0 Å². The van der Waals surface area contributed by atoms with Crippen molar-refractivity contribution in [1.82, 2.24) is 0 Å². The zero-order chi connectivity index (χ0) is 17.1. The summed E-state index contributed by atoms with van der Waals surface area (Å²) in [5.74, 6) is 2.96. The fourth-order valence-electron chi connectivity index (χ4n) is 7.53. The smallest absolute Gasteiger partial charge is 0.302 e. The largest absolute Gasteiger partial charge is 0.463 e. The van der Waals surface area contributed by atoms with Gasteiger partial charge in [-0.1, -0.05) is 13.8 Å². The Kier molecular flexibility index (Phi) is 4.02. The molecule has 4 fully saturated rings. The fraction of sp³-hybridized carbons (Fsp3) is 0.952. The predicted molar refractivity (Wildman–Crippen MR) is 93.3 cm³/mol. The molecule has 0 heterocycles. The van der Waals surface area contributed by atoms with Crippen molar-refractivity contribution in [2.75, 3.05) is 0 Å². The average molecular weight is 335 g/mol. The number of hydrogen-bond acceptors (Lipinski definition) is 3. The zero-order valence-electron chi connectivity index (χ0n) is 15.6. The maximum Gasteiger partial charge on any atom is 0.302 e. The Hall–Kier alpha value is -0.570. The first kappa shape index (κ1) is 16.9. The Balaban J connectivity index is 1.53. The van der Waals surface area contributed by atoms with Crippen molar-refractivity contribution >= 4 is 5.97 Å². The molecule has 0 saturated heterocycles. The molecule has 0 radical (unpaired) electrons. The van der Waals surface area contributed by atoms with Gasteiger partial charge in [0.25, 0.3) is 0 Å². The average Bonchev–Trinajstić information content (AvgIpc) is 2.83. The lowest BCUT2D eigenvalue weighted by molar-refractivity contribution is -0.161. The Bertz CT molecular complexity index is 517. The lowest BCUT2D eigenvalue weighted by Gasteiger charge is -2.60. The van der Waals surface area contributed by atoms with Crippen LogP contribution in [0.3, 0.4) is 0 Å². The Labute approximate surface area is 146 Å². The zero-order valence-corrected chi connectivity index (χ0v) is 15.6. The molecule has 24 heavy (non-hydrogen) atoms. The van der Waals surface area contributed by atoms with Gasteiger partial charge in [-0.05, 0) is 92.3 Å². The summed E-state index contributed by atoms with van der Waals surface area (Å²) in [5.41, 5.74) is 0.605. The molecule has 4 aliphatic rings. The molecule has 3 nitrogen and oxygen atoms in total. The molecule has 0 aromatic heterocycles. The van der Waals surface area contributed by atoms with Gasteiger partial charge in [0.2, 0.25) is 0 Å². The number of ether oxygens (including phenoxy) is 1. The molecule has 0 bridgehead atoms. The van der Waals surface area contributed by atoms with Crippen molar-refractivity contribution in [1.29, 1.82) is 0 Å². The minimum Gasteiger partial charge on any atom is -0.463 e. The van der Waals surface area contributed by atoms with E-state index < -0.39 is 0 Å². The third-order valence-corrected chi connectivity index (χ3v) is 8.90. The van der Waals surface area contributed by atoms with Crippen LogP contribution < -0.4 is 0 Å². The molecule has 4 saturated carbocycles. The van der Waals surface area contributed by atoms with Gasteiger partial charge in [0.1, 0.15) is 6.10 Å². The number of hydrogen-bond donors (Lipinski definition) is 1. The Morgan fingerprint density at radius 3 is 2.42 bits per heavy atom. The van der Waals surface area contributed by atoms with Gasteiger partial charge in [-0.3, -0.25) is 4.79 Å². The minimum atomic E-state index is -0.120. The van der Waals surface area contributed by atoms with E-state index in [2.05, 4.69) is 13.8 Å². The van der Waals surface area contributed by atoms with E-state index in [1.807, 2.05) is 0 Å². The molecule has 0 amide bonds. The third-order valence-electron chi connectivity index (χ3n) is 8.90.